The monoisotopic (exact) mass is 411 g/mol. The van der Waals surface area contributed by atoms with E-state index < -0.39 is 0 Å². The van der Waals surface area contributed by atoms with Crippen molar-refractivity contribution in [1.29, 1.82) is 0 Å². The lowest BCUT2D eigenvalue weighted by Gasteiger charge is -2.34. The van der Waals surface area contributed by atoms with Gasteiger partial charge in [0.05, 0.1) is 32.9 Å². The van der Waals surface area contributed by atoms with Gasteiger partial charge in [-0.1, -0.05) is 12.1 Å². The first kappa shape index (κ1) is 22.1. The fourth-order valence-electron chi connectivity index (χ4n) is 3.82. The molecule has 6 heteroatoms. The predicted molar refractivity (Wildman–Crippen MR) is 122 cm³/mol. The molecule has 1 fully saturated rings. The summed E-state index contributed by atoms with van der Waals surface area (Å²) >= 11 is 0. The molecule has 0 aromatic heterocycles. The fourth-order valence-corrected chi connectivity index (χ4v) is 3.82. The van der Waals surface area contributed by atoms with Gasteiger partial charge in [-0.05, 0) is 43.7 Å². The second-order valence-corrected chi connectivity index (χ2v) is 7.35. The highest BCUT2D eigenvalue weighted by atomic mass is 16.5. The van der Waals surface area contributed by atoms with Crippen molar-refractivity contribution < 1.29 is 14.6 Å². The maximum atomic E-state index is 10.5. The zero-order valence-electron chi connectivity index (χ0n) is 18.3. The van der Waals surface area contributed by atoms with Crippen LogP contribution in [-0.2, 0) is 4.74 Å². The number of anilines is 1. The molecule has 1 N–H and O–H groups in total. The van der Waals surface area contributed by atoms with Gasteiger partial charge in [0, 0.05) is 49.7 Å². The molecule has 0 spiro atoms. The van der Waals surface area contributed by atoms with Gasteiger partial charge < -0.3 is 19.5 Å². The van der Waals surface area contributed by atoms with Crippen LogP contribution in [-0.4, -0.2) is 69.3 Å². The predicted octanol–water partition coefficient (Wildman–Crippen LogP) is 3.74. The third kappa shape index (κ3) is 5.52. The molecule has 1 atom stereocenters. The zero-order valence-corrected chi connectivity index (χ0v) is 18.3. The van der Waals surface area contributed by atoms with Crippen LogP contribution in [0.3, 0.4) is 0 Å². The largest absolute Gasteiger partial charge is 0.507 e. The van der Waals surface area contributed by atoms with Crippen molar-refractivity contribution in [3.8, 4) is 11.5 Å². The number of methoxy groups -OCH3 is 1. The Labute approximate surface area is 179 Å². The molecule has 0 amide bonds. The van der Waals surface area contributed by atoms with Crippen molar-refractivity contribution >= 4 is 11.9 Å². The summed E-state index contributed by atoms with van der Waals surface area (Å²) in [5.41, 5.74) is 2.97. The van der Waals surface area contributed by atoms with Crippen LogP contribution in [0.1, 0.15) is 31.0 Å². The van der Waals surface area contributed by atoms with E-state index in [1.807, 2.05) is 30.3 Å². The second-order valence-electron chi connectivity index (χ2n) is 7.35. The van der Waals surface area contributed by atoms with Gasteiger partial charge in [-0.25, -0.2) is 0 Å². The van der Waals surface area contributed by atoms with Crippen molar-refractivity contribution in [2.45, 2.75) is 19.9 Å². The van der Waals surface area contributed by atoms with Crippen LogP contribution in [0.15, 0.2) is 47.5 Å². The molecule has 0 bridgehead atoms. The van der Waals surface area contributed by atoms with Gasteiger partial charge in [0.1, 0.15) is 11.5 Å². The minimum absolute atomic E-state index is 0.160. The molecule has 1 aliphatic rings. The number of benzene rings is 2. The highest BCUT2D eigenvalue weighted by molar-refractivity contribution is 5.84. The molecule has 0 aliphatic carbocycles. The molecule has 0 radical (unpaired) electrons. The van der Waals surface area contributed by atoms with Gasteiger partial charge in [0.25, 0.3) is 0 Å². The van der Waals surface area contributed by atoms with Crippen LogP contribution in [0.2, 0.25) is 0 Å². The normalized spacial score (nSPS) is 16.0. The van der Waals surface area contributed by atoms with Crippen molar-refractivity contribution in [1.82, 2.24) is 4.90 Å². The summed E-state index contributed by atoms with van der Waals surface area (Å²) in [5, 5.41) is 10.5. The molecule has 30 heavy (non-hydrogen) atoms. The quantitative estimate of drug-likeness (QED) is 0.637. The molecule has 0 unspecified atom stereocenters. The summed E-state index contributed by atoms with van der Waals surface area (Å²) in [7, 11) is 1.68. The van der Waals surface area contributed by atoms with E-state index in [1.54, 1.807) is 13.3 Å². The smallest absolute Gasteiger partial charge is 0.126 e. The Kier molecular flexibility index (Phi) is 8.11. The minimum atomic E-state index is 0.160. The van der Waals surface area contributed by atoms with E-state index in [9.17, 15) is 5.11 Å². The first-order chi connectivity index (χ1) is 14.7. The topological polar surface area (TPSA) is 57.5 Å². The van der Waals surface area contributed by atoms with Gasteiger partial charge >= 0.3 is 0 Å². The van der Waals surface area contributed by atoms with E-state index in [-0.39, 0.29) is 11.8 Å². The molecule has 1 saturated heterocycles. The molecule has 0 saturated carbocycles. The minimum Gasteiger partial charge on any atom is -0.507 e. The lowest BCUT2D eigenvalue weighted by atomic mass is 10.0. The Morgan fingerprint density at radius 2 is 1.83 bits per heavy atom. The molecule has 2 aromatic rings. The molecule has 1 aliphatic heterocycles. The van der Waals surface area contributed by atoms with E-state index in [1.165, 1.54) is 5.56 Å². The molecule has 1 heterocycles. The first-order valence-electron chi connectivity index (χ1n) is 10.7. The number of hydrogen-bond donors (Lipinski definition) is 1. The third-order valence-corrected chi connectivity index (χ3v) is 5.64. The van der Waals surface area contributed by atoms with Crippen LogP contribution in [0.5, 0.6) is 11.5 Å². The van der Waals surface area contributed by atoms with Gasteiger partial charge in [0.15, 0.2) is 0 Å². The van der Waals surface area contributed by atoms with Crippen LogP contribution in [0, 0.1) is 0 Å². The Balaban J connectivity index is 1.75. The Morgan fingerprint density at radius 1 is 1.13 bits per heavy atom. The van der Waals surface area contributed by atoms with E-state index in [4.69, 9.17) is 14.5 Å². The molecule has 6 nitrogen and oxygen atoms in total. The van der Waals surface area contributed by atoms with Crippen LogP contribution < -0.4 is 9.64 Å². The summed E-state index contributed by atoms with van der Waals surface area (Å²) in [6.07, 6.45) is 1.78. The molecular weight excluding hydrogens is 378 g/mol. The second kappa shape index (κ2) is 11.0. The summed E-state index contributed by atoms with van der Waals surface area (Å²) in [5.74, 6) is 1.11. The van der Waals surface area contributed by atoms with E-state index >= 15 is 0 Å². The number of morpholine rings is 1. The Bertz CT molecular complexity index is 813. The molecule has 2 aromatic carbocycles. The number of phenolic OH excluding ortho intramolecular Hbond substituents is 1. The van der Waals surface area contributed by atoms with E-state index in [0.717, 1.165) is 56.4 Å². The van der Waals surface area contributed by atoms with Crippen molar-refractivity contribution in [2.75, 3.05) is 57.9 Å². The third-order valence-electron chi connectivity index (χ3n) is 5.64. The number of ether oxygens (including phenoxy) is 2. The maximum Gasteiger partial charge on any atom is 0.126 e. The maximum absolute atomic E-state index is 10.5. The van der Waals surface area contributed by atoms with E-state index in [0.29, 0.717) is 6.54 Å². The van der Waals surface area contributed by atoms with Gasteiger partial charge in [-0.15, -0.1) is 0 Å². The summed E-state index contributed by atoms with van der Waals surface area (Å²) in [6.45, 7) is 9.91. The van der Waals surface area contributed by atoms with Gasteiger partial charge in [-0.2, -0.15) is 0 Å². The number of rotatable bonds is 9. The van der Waals surface area contributed by atoms with Crippen molar-refractivity contribution in [3.63, 3.8) is 0 Å². The van der Waals surface area contributed by atoms with Crippen LogP contribution >= 0.6 is 0 Å². The Morgan fingerprint density at radius 3 is 2.43 bits per heavy atom. The summed E-state index contributed by atoms with van der Waals surface area (Å²) < 4.78 is 10.8. The lowest BCUT2D eigenvalue weighted by molar-refractivity contribution is 0.0180. The van der Waals surface area contributed by atoms with Crippen LogP contribution in [0.25, 0.3) is 0 Å². The number of aliphatic imine (C=N–C) groups is 1. The Hall–Kier alpha value is -2.57. The first-order valence-corrected chi connectivity index (χ1v) is 10.7. The van der Waals surface area contributed by atoms with Gasteiger partial charge in [-0.3, -0.25) is 9.89 Å². The van der Waals surface area contributed by atoms with Crippen molar-refractivity contribution in [2.24, 2.45) is 4.99 Å². The van der Waals surface area contributed by atoms with E-state index in [2.05, 4.69) is 35.8 Å². The summed E-state index contributed by atoms with van der Waals surface area (Å²) in [4.78, 5) is 9.32. The van der Waals surface area contributed by atoms with Crippen molar-refractivity contribution in [3.05, 3.63) is 53.6 Å². The SMILES string of the molecule is CCN(CC)c1ccc(C=NC[C@H](c2ccc(OC)cc2)N2CCOCC2)c(O)c1. The fraction of sp³-hybridized carbons (Fsp3) is 0.458. The number of nitrogens with zero attached hydrogens (tertiary/aromatic N) is 3. The lowest BCUT2D eigenvalue weighted by Crippen LogP contribution is -2.40. The highest BCUT2D eigenvalue weighted by Gasteiger charge is 2.22. The molecule has 3 rings (SSSR count). The standard InChI is InChI=1S/C24H33N3O3/c1-4-26(5-2)21-9-6-20(24(28)16-21)17-25-18-23(27-12-14-30-15-13-27)19-7-10-22(29-3)11-8-19/h6-11,16-17,23,28H,4-5,12-15,18H2,1-3H3/t23-/m1/s1. The number of hydrogen-bond acceptors (Lipinski definition) is 6. The number of phenols is 1. The number of aromatic hydroxyl groups is 1. The molecule has 162 valence electrons. The average Bonchev–Trinajstić information content (AvgIpc) is 2.79. The highest BCUT2D eigenvalue weighted by Crippen LogP contribution is 2.26. The summed E-state index contributed by atoms with van der Waals surface area (Å²) in [6, 6.07) is 14.1. The average molecular weight is 412 g/mol. The van der Waals surface area contributed by atoms with Crippen LogP contribution in [0.4, 0.5) is 5.69 Å². The zero-order chi connectivity index (χ0) is 21.3. The van der Waals surface area contributed by atoms with Gasteiger partial charge in [0.2, 0.25) is 0 Å². The molecular formula is C24H33N3O3.